The second-order valence-corrected chi connectivity index (χ2v) is 8.25. The van der Waals surface area contributed by atoms with Crippen molar-refractivity contribution in [1.29, 1.82) is 0 Å². The van der Waals surface area contributed by atoms with Gasteiger partial charge >= 0.3 is 12.5 Å². The fourth-order valence-electron chi connectivity index (χ4n) is 3.43. The molecule has 0 aliphatic heterocycles. The Morgan fingerprint density at radius 3 is 2.32 bits per heavy atom. The van der Waals surface area contributed by atoms with Gasteiger partial charge in [-0.2, -0.15) is 13.2 Å². The van der Waals surface area contributed by atoms with E-state index in [1.54, 1.807) is 12.1 Å². The van der Waals surface area contributed by atoms with E-state index in [2.05, 4.69) is 15.4 Å². The Hall–Kier alpha value is -3.42. The van der Waals surface area contributed by atoms with Gasteiger partial charge in [0.2, 0.25) is 0 Å². The zero-order valence-electron chi connectivity index (χ0n) is 19.2. The molecule has 6 nitrogen and oxygen atoms in total. The number of benzene rings is 3. The summed E-state index contributed by atoms with van der Waals surface area (Å²) in [6, 6.07) is 14.0. The molecule has 0 saturated heterocycles. The monoisotopic (exact) mass is 545 g/mol. The predicted octanol–water partition coefficient (Wildman–Crippen LogP) is 6.13. The van der Waals surface area contributed by atoms with E-state index in [9.17, 15) is 31.1 Å². The highest BCUT2D eigenvalue weighted by molar-refractivity contribution is 7.97. The number of halogens is 6. The van der Waals surface area contributed by atoms with Gasteiger partial charge in [0.25, 0.3) is 5.91 Å². The van der Waals surface area contributed by atoms with E-state index in [0.717, 1.165) is 18.0 Å². The zero-order valence-corrected chi connectivity index (χ0v) is 20.0. The highest BCUT2D eigenvalue weighted by Crippen LogP contribution is 2.36. The van der Waals surface area contributed by atoms with Crippen molar-refractivity contribution in [2.24, 2.45) is 5.14 Å². The lowest BCUT2D eigenvalue weighted by Gasteiger charge is -2.18. The standard InChI is InChI=1S/C24H21F6N3O3S/c1-35-20-11-16(7-9-21(20)37-31)33-22(34)14-6-8-17(15(10-14)12-32-13-23(25,26)27)18-4-2-3-5-19(18)36-24(28,29)30/h2-11,32H,12-13,31H2,1H3,(H,33,34). The van der Waals surface area contributed by atoms with Crippen LogP contribution in [0.4, 0.5) is 32.0 Å². The maximum Gasteiger partial charge on any atom is 0.573 e. The van der Waals surface area contributed by atoms with Crippen LogP contribution < -0.4 is 25.2 Å². The quantitative estimate of drug-likeness (QED) is 0.222. The van der Waals surface area contributed by atoms with Gasteiger partial charge in [-0.05, 0) is 53.4 Å². The summed E-state index contributed by atoms with van der Waals surface area (Å²) in [5.74, 6) is -0.716. The third-order valence-corrected chi connectivity index (χ3v) is 5.55. The predicted molar refractivity (Wildman–Crippen MR) is 127 cm³/mol. The van der Waals surface area contributed by atoms with E-state index in [1.165, 1.54) is 49.6 Å². The van der Waals surface area contributed by atoms with Gasteiger partial charge in [0.05, 0.1) is 18.6 Å². The fourth-order valence-corrected chi connectivity index (χ4v) is 3.84. The van der Waals surface area contributed by atoms with Crippen LogP contribution in [-0.2, 0) is 6.54 Å². The molecule has 0 aliphatic carbocycles. The first-order chi connectivity index (χ1) is 17.4. The molecule has 0 heterocycles. The van der Waals surface area contributed by atoms with Gasteiger partial charge in [0.15, 0.2) is 0 Å². The van der Waals surface area contributed by atoms with Gasteiger partial charge in [0, 0.05) is 29.4 Å². The molecule has 1 amide bonds. The summed E-state index contributed by atoms with van der Waals surface area (Å²) in [7, 11) is 1.43. The summed E-state index contributed by atoms with van der Waals surface area (Å²) in [4.78, 5) is 13.5. The summed E-state index contributed by atoms with van der Waals surface area (Å²) in [5, 5.41) is 10.4. The summed E-state index contributed by atoms with van der Waals surface area (Å²) in [5.41, 5.74) is 0.747. The van der Waals surface area contributed by atoms with Crippen molar-refractivity contribution < 1.29 is 40.6 Å². The second kappa shape index (κ2) is 11.8. The molecule has 0 radical (unpaired) electrons. The lowest BCUT2D eigenvalue weighted by Crippen LogP contribution is -2.28. The number of hydrogen-bond acceptors (Lipinski definition) is 6. The number of hydrogen-bond donors (Lipinski definition) is 3. The van der Waals surface area contributed by atoms with Crippen LogP contribution in [0, 0.1) is 0 Å². The van der Waals surface area contributed by atoms with Crippen LogP contribution in [0.5, 0.6) is 11.5 Å². The molecule has 0 fully saturated rings. The minimum Gasteiger partial charge on any atom is -0.495 e. The lowest BCUT2D eigenvalue weighted by molar-refractivity contribution is -0.274. The highest BCUT2D eigenvalue weighted by atomic mass is 32.2. The summed E-state index contributed by atoms with van der Waals surface area (Å²) in [6.45, 7) is -1.72. The average molecular weight is 546 g/mol. The third kappa shape index (κ3) is 8.03. The maximum atomic E-state index is 12.9. The number of methoxy groups -OCH3 is 1. The molecular weight excluding hydrogens is 524 g/mol. The molecular formula is C24H21F6N3O3S. The van der Waals surface area contributed by atoms with Gasteiger partial charge in [0.1, 0.15) is 11.5 Å². The highest BCUT2D eigenvalue weighted by Gasteiger charge is 2.32. The largest absolute Gasteiger partial charge is 0.573 e. The topological polar surface area (TPSA) is 85.6 Å². The molecule has 0 unspecified atom stereocenters. The van der Waals surface area contributed by atoms with Crippen LogP contribution in [0.1, 0.15) is 15.9 Å². The molecule has 13 heteroatoms. The minimum atomic E-state index is -4.98. The van der Waals surface area contributed by atoms with Gasteiger partial charge in [-0.15, -0.1) is 13.2 Å². The number of para-hydroxylation sites is 1. The summed E-state index contributed by atoms with van der Waals surface area (Å²) >= 11 is 0.954. The smallest absolute Gasteiger partial charge is 0.495 e. The Balaban J connectivity index is 1.96. The van der Waals surface area contributed by atoms with Crippen LogP contribution in [0.25, 0.3) is 11.1 Å². The maximum absolute atomic E-state index is 12.9. The number of alkyl halides is 6. The average Bonchev–Trinajstić information content (AvgIpc) is 2.82. The number of nitrogens with two attached hydrogens (primary N) is 1. The number of anilines is 1. The summed E-state index contributed by atoms with van der Waals surface area (Å²) < 4.78 is 86.2. The second-order valence-electron chi connectivity index (χ2n) is 7.57. The van der Waals surface area contributed by atoms with Crippen molar-refractivity contribution >= 4 is 23.5 Å². The van der Waals surface area contributed by atoms with Crippen LogP contribution in [0.15, 0.2) is 65.6 Å². The minimum absolute atomic E-state index is 0.00444. The number of nitrogens with one attached hydrogen (secondary N) is 2. The summed E-state index contributed by atoms with van der Waals surface area (Å²) in [6.07, 6.45) is -9.50. The van der Waals surface area contributed by atoms with E-state index >= 15 is 0 Å². The first-order valence-corrected chi connectivity index (χ1v) is 11.4. The number of carbonyl (C=O) groups excluding carboxylic acids is 1. The van der Waals surface area contributed by atoms with Gasteiger partial charge in [-0.1, -0.05) is 24.3 Å². The van der Waals surface area contributed by atoms with Gasteiger partial charge in [-0.3, -0.25) is 9.93 Å². The van der Waals surface area contributed by atoms with Gasteiger partial charge in [-0.25, -0.2) is 0 Å². The first kappa shape index (κ1) is 28.2. The number of ether oxygens (including phenoxy) is 2. The van der Waals surface area contributed by atoms with Crippen molar-refractivity contribution in [3.8, 4) is 22.6 Å². The Bertz CT molecular complexity index is 1250. The molecule has 0 saturated carbocycles. The number of amides is 1. The van der Waals surface area contributed by atoms with E-state index in [1.807, 2.05) is 0 Å². The molecule has 0 aliphatic rings. The van der Waals surface area contributed by atoms with E-state index in [4.69, 9.17) is 9.88 Å². The first-order valence-electron chi connectivity index (χ1n) is 10.5. The van der Waals surface area contributed by atoms with Crippen LogP contribution in [-0.4, -0.2) is 32.1 Å². The Kier molecular flexibility index (Phi) is 8.94. The molecule has 3 rings (SSSR count). The number of rotatable bonds is 9. The Morgan fingerprint density at radius 2 is 1.68 bits per heavy atom. The van der Waals surface area contributed by atoms with Crippen LogP contribution in [0.3, 0.4) is 0 Å². The van der Waals surface area contributed by atoms with Crippen molar-refractivity contribution in [3.05, 3.63) is 71.8 Å². The fraction of sp³-hybridized carbons (Fsp3) is 0.208. The Labute approximate surface area is 212 Å². The van der Waals surface area contributed by atoms with Crippen molar-refractivity contribution in [3.63, 3.8) is 0 Å². The molecule has 4 N–H and O–H groups in total. The van der Waals surface area contributed by atoms with Crippen molar-refractivity contribution in [1.82, 2.24) is 5.32 Å². The number of carbonyl (C=O) groups is 1. The normalized spacial score (nSPS) is 11.8. The van der Waals surface area contributed by atoms with Crippen molar-refractivity contribution in [2.45, 2.75) is 24.0 Å². The van der Waals surface area contributed by atoms with Crippen molar-refractivity contribution in [2.75, 3.05) is 19.0 Å². The zero-order chi connectivity index (χ0) is 27.2. The molecule has 0 atom stereocenters. The third-order valence-electron chi connectivity index (χ3n) is 4.96. The van der Waals surface area contributed by atoms with Gasteiger partial charge < -0.3 is 20.1 Å². The molecule has 0 aromatic heterocycles. The van der Waals surface area contributed by atoms with Crippen LogP contribution in [0.2, 0.25) is 0 Å². The molecule has 0 spiro atoms. The van der Waals surface area contributed by atoms with Crippen LogP contribution >= 0.6 is 11.9 Å². The molecule has 198 valence electrons. The van der Waals surface area contributed by atoms with E-state index in [0.29, 0.717) is 16.3 Å². The van der Waals surface area contributed by atoms with E-state index in [-0.39, 0.29) is 28.8 Å². The molecule has 3 aromatic carbocycles. The lowest BCUT2D eigenvalue weighted by atomic mass is 9.96. The molecule has 0 bridgehead atoms. The molecule has 37 heavy (non-hydrogen) atoms. The molecule has 3 aromatic rings. The Morgan fingerprint density at radius 1 is 0.946 bits per heavy atom. The van der Waals surface area contributed by atoms with E-state index < -0.39 is 30.7 Å². The SMILES string of the molecule is COc1cc(NC(=O)c2ccc(-c3ccccc3OC(F)(F)F)c(CNCC(F)(F)F)c2)ccc1SN.